The predicted molar refractivity (Wildman–Crippen MR) is 16.1 cm³/mol. The summed E-state index contributed by atoms with van der Waals surface area (Å²) in [5, 5.41) is 3.93. The summed E-state index contributed by atoms with van der Waals surface area (Å²) < 4.78 is 0. The Hall–Kier alpha value is -0.160. The Morgan fingerprint density at radius 2 is 2.50 bits per heavy atom. The monoisotopic (exact) mass is 91.0 g/mol. The van der Waals surface area contributed by atoms with Crippen LogP contribution in [0.15, 0.2) is 0 Å². The van der Waals surface area contributed by atoms with E-state index in [1.54, 1.807) is 0 Å². The first-order valence-electron chi connectivity index (χ1n) is 1.60. The molecule has 0 aromatic carbocycles. The van der Waals surface area contributed by atoms with Gasteiger partial charge in [0.05, 0.1) is 0 Å². The highest BCUT2D eigenvalue weighted by molar-refractivity contribution is 4.38. The summed E-state index contributed by atoms with van der Waals surface area (Å²) in [5.74, 6) is 0. The fourth-order valence-electron chi connectivity index (χ4n) is 0.201. The lowest BCUT2D eigenvalue weighted by molar-refractivity contribution is -0.459. The minimum Gasteiger partial charge on any atom is -0.301 e. The molecule has 36 valence electrons. The van der Waals surface area contributed by atoms with Crippen LogP contribution < -0.4 is 5.73 Å². The highest BCUT2D eigenvalue weighted by Crippen LogP contribution is 1.95. The molecule has 1 atom stereocenters. The Kier molecular flexibility index (Phi) is 1.02. The van der Waals surface area contributed by atoms with Crippen molar-refractivity contribution in [2.24, 2.45) is 5.73 Å². The van der Waals surface area contributed by atoms with E-state index in [1.165, 1.54) is 0 Å². The van der Waals surface area contributed by atoms with Crippen LogP contribution in [0, 0.1) is 0 Å². The van der Waals surface area contributed by atoms with E-state index in [4.69, 9.17) is 5.73 Å². The molecular weight excluding hydrogens is 86.0 g/mol. The maximum Gasteiger partial charge on any atom is 0.171 e. The zero-order chi connectivity index (χ0) is 4.41. The van der Waals surface area contributed by atoms with Gasteiger partial charge >= 0.3 is 0 Å². The van der Waals surface area contributed by atoms with E-state index in [1.807, 2.05) is 0 Å². The second kappa shape index (κ2) is 1.53. The van der Waals surface area contributed by atoms with E-state index in [-0.39, 0.29) is 0 Å². The fraction of sp³-hybridized carbons (Fsp3) is 1.00. The molecule has 1 unspecified atom stereocenters. The Labute approximate surface area is 34.6 Å². The van der Waals surface area contributed by atoms with Crippen LogP contribution in [0.3, 0.4) is 0 Å². The minimum absolute atomic E-state index is 0.319. The number of nitrogens with two attached hydrogens (primary N) is 1. The third-order valence-corrected chi connectivity index (χ3v) is 0.443. The molecule has 1 saturated heterocycles. The van der Waals surface area contributed by atoms with E-state index >= 15 is 0 Å². The van der Waals surface area contributed by atoms with E-state index in [0.29, 0.717) is 6.61 Å². The number of hydrogen-bond donors (Lipinski definition) is 1. The summed E-state index contributed by atoms with van der Waals surface area (Å²) in [6.45, 7) is 0.319. The molecule has 1 heterocycles. The van der Waals surface area contributed by atoms with Crippen molar-refractivity contribution in [3.05, 3.63) is 0 Å². The summed E-state index contributed by atoms with van der Waals surface area (Å²) in [6.07, 6.45) is -0.398. The van der Waals surface area contributed by atoms with E-state index < -0.39 is 6.23 Å². The molecule has 1 aliphatic heterocycles. The largest absolute Gasteiger partial charge is 0.301 e. The predicted octanol–water partition coefficient (Wildman–Crippen LogP) is -0.835. The maximum atomic E-state index is 5.06. The standard InChI is InChI=1S/C2H5NO3/c3-2-1-4-6-5-2/h2H,1,3H2. The second-order valence-electron chi connectivity index (χ2n) is 0.987. The van der Waals surface area contributed by atoms with Crippen molar-refractivity contribution in [1.29, 1.82) is 0 Å². The van der Waals surface area contributed by atoms with E-state index in [0.717, 1.165) is 0 Å². The van der Waals surface area contributed by atoms with Gasteiger partial charge in [-0.25, -0.2) is 4.89 Å². The summed E-state index contributed by atoms with van der Waals surface area (Å²) >= 11 is 0. The Balaban J connectivity index is 2.18. The van der Waals surface area contributed by atoms with E-state index in [9.17, 15) is 0 Å². The Morgan fingerprint density at radius 1 is 1.67 bits per heavy atom. The number of hydrogen-bond acceptors (Lipinski definition) is 4. The summed E-state index contributed by atoms with van der Waals surface area (Å²) in [6, 6.07) is 0. The highest BCUT2D eigenvalue weighted by Gasteiger charge is 2.11. The van der Waals surface area contributed by atoms with Crippen LogP contribution in [-0.4, -0.2) is 12.8 Å². The molecule has 0 amide bonds. The summed E-state index contributed by atoms with van der Waals surface area (Å²) in [7, 11) is 0. The second-order valence-corrected chi connectivity index (χ2v) is 0.987. The van der Waals surface area contributed by atoms with Crippen molar-refractivity contribution < 1.29 is 14.8 Å². The number of rotatable bonds is 0. The smallest absolute Gasteiger partial charge is 0.171 e. The average Bonchev–Trinajstić information content (AvgIpc) is 1.86. The van der Waals surface area contributed by atoms with Crippen LogP contribution in [0.1, 0.15) is 0 Å². The van der Waals surface area contributed by atoms with Crippen LogP contribution in [-0.2, 0) is 14.8 Å². The topological polar surface area (TPSA) is 53.7 Å². The van der Waals surface area contributed by atoms with Gasteiger partial charge in [0.1, 0.15) is 6.61 Å². The molecule has 6 heavy (non-hydrogen) atoms. The normalized spacial score (nSPS) is 34.5. The molecule has 0 bridgehead atoms. The van der Waals surface area contributed by atoms with E-state index in [2.05, 4.69) is 14.8 Å². The lowest BCUT2D eigenvalue weighted by Gasteiger charge is -1.86. The molecule has 4 nitrogen and oxygen atoms in total. The van der Waals surface area contributed by atoms with Crippen LogP contribution >= 0.6 is 0 Å². The van der Waals surface area contributed by atoms with Gasteiger partial charge in [0.15, 0.2) is 6.23 Å². The fourth-order valence-corrected chi connectivity index (χ4v) is 0.201. The van der Waals surface area contributed by atoms with Crippen molar-refractivity contribution in [2.75, 3.05) is 6.61 Å². The quantitative estimate of drug-likeness (QED) is 0.395. The lowest BCUT2D eigenvalue weighted by atomic mass is 10.7. The van der Waals surface area contributed by atoms with Gasteiger partial charge in [0.25, 0.3) is 0 Å². The third kappa shape index (κ3) is 0.662. The van der Waals surface area contributed by atoms with Gasteiger partial charge in [-0.05, 0) is 0 Å². The maximum absolute atomic E-state index is 5.06. The molecule has 0 aromatic rings. The van der Waals surface area contributed by atoms with Gasteiger partial charge in [-0.15, -0.1) is 0 Å². The van der Waals surface area contributed by atoms with Gasteiger partial charge < -0.3 is 5.73 Å². The zero-order valence-electron chi connectivity index (χ0n) is 3.09. The molecule has 0 saturated carbocycles. The van der Waals surface area contributed by atoms with Gasteiger partial charge in [-0.1, -0.05) is 5.04 Å². The average molecular weight is 91.1 g/mol. The first-order valence-corrected chi connectivity index (χ1v) is 1.60. The zero-order valence-corrected chi connectivity index (χ0v) is 3.09. The van der Waals surface area contributed by atoms with Gasteiger partial charge in [-0.3, -0.25) is 0 Å². The molecule has 2 N–H and O–H groups in total. The molecule has 1 rings (SSSR count). The van der Waals surface area contributed by atoms with Crippen LogP contribution in [0.2, 0.25) is 0 Å². The van der Waals surface area contributed by atoms with Crippen LogP contribution in [0.5, 0.6) is 0 Å². The lowest BCUT2D eigenvalue weighted by Crippen LogP contribution is -2.20. The molecule has 1 aliphatic rings. The molecule has 0 aromatic heterocycles. The van der Waals surface area contributed by atoms with Crippen LogP contribution in [0.25, 0.3) is 0 Å². The Morgan fingerprint density at radius 3 is 2.67 bits per heavy atom. The first kappa shape index (κ1) is 4.01. The molecular formula is C2H5NO3. The SMILES string of the molecule is NC1COOO1. The van der Waals surface area contributed by atoms with Crippen molar-refractivity contribution >= 4 is 0 Å². The summed E-state index contributed by atoms with van der Waals surface area (Å²) in [4.78, 5) is 8.42. The minimum atomic E-state index is -0.398. The highest BCUT2D eigenvalue weighted by atomic mass is 17.5. The van der Waals surface area contributed by atoms with Gasteiger partial charge in [0.2, 0.25) is 0 Å². The molecule has 4 heteroatoms. The molecule has 0 radical (unpaired) electrons. The summed E-state index contributed by atoms with van der Waals surface area (Å²) in [5.41, 5.74) is 5.06. The molecule has 0 spiro atoms. The van der Waals surface area contributed by atoms with Gasteiger partial charge in [0, 0.05) is 0 Å². The molecule has 0 aliphatic carbocycles. The first-order chi connectivity index (χ1) is 2.89. The Bertz CT molecular complexity index is 42.1. The third-order valence-electron chi connectivity index (χ3n) is 0.443. The molecule has 1 fully saturated rings. The van der Waals surface area contributed by atoms with Crippen molar-refractivity contribution in [2.45, 2.75) is 6.23 Å². The van der Waals surface area contributed by atoms with Gasteiger partial charge in [-0.2, -0.15) is 4.89 Å². The van der Waals surface area contributed by atoms with Crippen molar-refractivity contribution in [1.82, 2.24) is 0 Å². The van der Waals surface area contributed by atoms with Crippen LogP contribution in [0.4, 0.5) is 0 Å². The van der Waals surface area contributed by atoms with Crippen molar-refractivity contribution in [3.8, 4) is 0 Å². The van der Waals surface area contributed by atoms with Crippen molar-refractivity contribution in [3.63, 3.8) is 0 Å².